The van der Waals surface area contributed by atoms with E-state index in [1.165, 1.54) is 0 Å². The average Bonchev–Trinajstić information content (AvgIpc) is 2.70. The Morgan fingerprint density at radius 2 is 1.97 bits per heavy atom. The fraction of sp³-hybridized carbons (Fsp3) is 0.364. The van der Waals surface area contributed by atoms with Crippen molar-refractivity contribution in [3.05, 3.63) is 63.1 Å². The molecule has 2 aromatic carbocycles. The summed E-state index contributed by atoms with van der Waals surface area (Å²) in [6.07, 6.45) is 0.829. The van der Waals surface area contributed by atoms with E-state index in [2.05, 4.69) is 21.2 Å². The topological polar surface area (TPSA) is 58.6 Å². The first-order chi connectivity index (χ1) is 13.8. The van der Waals surface area contributed by atoms with Crippen LogP contribution in [-0.4, -0.2) is 35.9 Å². The van der Waals surface area contributed by atoms with Crippen LogP contribution in [0.1, 0.15) is 31.4 Å². The van der Waals surface area contributed by atoms with Gasteiger partial charge in [-0.05, 0) is 49.6 Å². The van der Waals surface area contributed by atoms with E-state index in [-0.39, 0.29) is 18.4 Å². The molecule has 1 atom stereocenters. The molecule has 0 spiro atoms. The fourth-order valence-corrected chi connectivity index (χ4v) is 3.49. The van der Waals surface area contributed by atoms with Gasteiger partial charge in [0, 0.05) is 17.6 Å². The van der Waals surface area contributed by atoms with Gasteiger partial charge in [-0.1, -0.05) is 58.7 Å². The van der Waals surface area contributed by atoms with Crippen molar-refractivity contribution < 1.29 is 14.3 Å². The number of benzene rings is 2. The fourth-order valence-electron chi connectivity index (χ4n) is 2.76. The van der Waals surface area contributed by atoms with Gasteiger partial charge >= 0.3 is 0 Å². The molecular weight excluding hydrogens is 456 g/mol. The summed E-state index contributed by atoms with van der Waals surface area (Å²) in [6.45, 7) is 6.38. The molecule has 0 unspecified atom stereocenters. The minimum absolute atomic E-state index is 0.185. The van der Waals surface area contributed by atoms with Crippen LogP contribution in [0, 0.1) is 6.92 Å². The highest BCUT2D eigenvalue weighted by Gasteiger charge is 2.26. The minimum Gasteiger partial charge on any atom is -0.482 e. The van der Waals surface area contributed by atoms with Crippen molar-refractivity contribution in [2.24, 2.45) is 0 Å². The Labute approximate surface area is 185 Å². The number of ether oxygens (including phenoxy) is 1. The van der Waals surface area contributed by atoms with Crippen LogP contribution in [0.15, 0.2) is 46.9 Å². The van der Waals surface area contributed by atoms with E-state index in [9.17, 15) is 9.59 Å². The number of nitrogens with one attached hydrogen (secondary N) is 1. The Hall–Kier alpha value is -2.05. The zero-order chi connectivity index (χ0) is 21.4. The molecule has 0 saturated heterocycles. The third kappa shape index (κ3) is 6.75. The van der Waals surface area contributed by atoms with Gasteiger partial charge in [0.15, 0.2) is 6.61 Å². The van der Waals surface area contributed by atoms with Crippen molar-refractivity contribution in [1.82, 2.24) is 10.2 Å². The quantitative estimate of drug-likeness (QED) is 0.563. The van der Waals surface area contributed by atoms with E-state index in [0.717, 1.165) is 22.0 Å². The molecule has 2 rings (SSSR count). The normalized spacial score (nSPS) is 11.6. The van der Waals surface area contributed by atoms with Crippen molar-refractivity contribution in [3.63, 3.8) is 0 Å². The molecule has 0 aliphatic rings. The van der Waals surface area contributed by atoms with Gasteiger partial charge < -0.3 is 15.0 Å². The second kappa shape index (κ2) is 11.2. The molecule has 0 aromatic heterocycles. The second-order valence-electron chi connectivity index (χ2n) is 6.78. The van der Waals surface area contributed by atoms with Crippen LogP contribution >= 0.6 is 27.5 Å². The third-order valence-electron chi connectivity index (χ3n) is 4.56. The van der Waals surface area contributed by atoms with Crippen LogP contribution < -0.4 is 10.1 Å². The first-order valence-corrected chi connectivity index (χ1v) is 10.7. The smallest absolute Gasteiger partial charge is 0.261 e. The molecule has 0 aliphatic carbocycles. The first-order valence-electron chi connectivity index (χ1n) is 9.53. The Kier molecular flexibility index (Phi) is 8.99. The van der Waals surface area contributed by atoms with Gasteiger partial charge in [0.25, 0.3) is 5.91 Å². The Morgan fingerprint density at radius 3 is 2.62 bits per heavy atom. The maximum Gasteiger partial charge on any atom is 0.261 e. The number of carbonyl (C=O) groups is 2. The van der Waals surface area contributed by atoms with Crippen molar-refractivity contribution in [2.75, 3.05) is 13.2 Å². The molecule has 1 N–H and O–H groups in total. The average molecular weight is 482 g/mol. The molecule has 0 aliphatic heterocycles. The highest BCUT2D eigenvalue weighted by atomic mass is 79.9. The Bertz CT molecular complexity index is 860. The van der Waals surface area contributed by atoms with E-state index in [1.54, 1.807) is 30.0 Å². The van der Waals surface area contributed by atoms with E-state index in [1.807, 2.05) is 38.1 Å². The first kappa shape index (κ1) is 23.2. The summed E-state index contributed by atoms with van der Waals surface area (Å²) in [4.78, 5) is 27.1. The van der Waals surface area contributed by atoms with Crippen LogP contribution in [0.4, 0.5) is 0 Å². The SMILES string of the molecule is CCCNC(=O)[C@H](C)N(Cc1ccccc1C)C(=O)COc1ccc(Br)cc1Cl. The van der Waals surface area contributed by atoms with Gasteiger partial charge in [-0.25, -0.2) is 0 Å². The number of amides is 2. The molecule has 5 nitrogen and oxygen atoms in total. The molecule has 0 saturated carbocycles. The lowest BCUT2D eigenvalue weighted by molar-refractivity contribution is -0.142. The predicted octanol–water partition coefficient (Wildman–Crippen LogP) is 4.73. The zero-order valence-electron chi connectivity index (χ0n) is 16.9. The van der Waals surface area contributed by atoms with Gasteiger partial charge in [-0.2, -0.15) is 0 Å². The standard InChI is InChI=1S/C22H26BrClN2O3/c1-4-11-25-22(28)16(3)26(13-17-8-6-5-7-15(17)2)21(27)14-29-20-10-9-18(23)12-19(20)24/h5-10,12,16H,4,11,13-14H2,1-3H3,(H,25,28)/t16-/m0/s1. The van der Waals surface area contributed by atoms with Gasteiger partial charge in [0.1, 0.15) is 11.8 Å². The molecule has 156 valence electrons. The summed E-state index contributed by atoms with van der Waals surface area (Å²) >= 11 is 9.51. The van der Waals surface area contributed by atoms with Crippen molar-refractivity contribution >= 4 is 39.3 Å². The molecule has 0 heterocycles. The monoisotopic (exact) mass is 480 g/mol. The molecule has 0 fully saturated rings. The maximum absolute atomic E-state index is 13.0. The van der Waals surface area contributed by atoms with Crippen LogP contribution in [0.2, 0.25) is 5.02 Å². The number of aryl methyl sites for hydroxylation is 1. The maximum atomic E-state index is 13.0. The molecule has 0 bridgehead atoms. The summed E-state index contributed by atoms with van der Waals surface area (Å²) in [7, 11) is 0. The largest absolute Gasteiger partial charge is 0.482 e. The van der Waals surface area contributed by atoms with E-state index in [4.69, 9.17) is 16.3 Å². The minimum atomic E-state index is -0.627. The summed E-state index contributed by atoms with van der Waals surface area (Å²) in [6, 6.07) is 12.4. The number of halogens is 2. The summed E-state index contributed by atoms with van der Waals surface area (Å²) in [5, 5.41) is 3.27. The van der Waals surface area contributed by atoms with Crippen LogP contribution in [0.3, 0.4) is 0 Å². The molecule has 0 radical (unpaired) electrons. The third-order valence-corrected chi connectivity index (χ3v) is 5.35. The highest BCUT2D eigenvalue weighted by Crippen LogP contribution is 2.27. The van der Waals surface area contributed by atoms with Gasteiger partial charge in [0.05, 0.1) is 5.02 Å². The van der Waals surface area contributed by atoms with E-state index < -0.39 is 6.04 Å². The number of carbonyl (C=O) groups excluding carboxylic acids is 2. The van der Waals surface area contributed by atoms with E-state index >= 15 is 0 Å². The van der Waals surface area contributed by atoms with Gasteiger partial charge in [0.2, 0.25) is 5.91 Å². The number of rotatable bonds is 9. The summed E-state index contributed by atoms with van der Waals surface area (Å²) < 4.78 is 6.46. The molecule has 2 aromatic rings. The highest BCUT2D eigenvalue weighted by molar-refractivity contribution is 9.10. The van der Waals surface area contributed by atoms with Crippen LogP contribution in [0.25, 0.3) is 0 Å². The predicted molar refractivity (Wildman–Crippen MR) is 119 cm³/mol. The number of nitrogens with zero attached hydrogens (tertiary/aromatic N) is 1. The summed E-state index contributed by atoms with van der Waals surface area (Å²) in [5.41, 5.74) is 2.04. The van der Waals surface area contributed by atoms with Crippen molar-refractivity contribution in [1.29, 1.82) is 0 Å². The molecular formula is C22H26BrClN2O3. The Morgan fingerprint density at radius 1 is 1.24 bits per heavy atom. The van der Waals surface area contributed by atoms with Gasteiger partial charge in [-0.3, -0.25) is 9.59 Å². The Balaban J connectivity index is 2.17. The molecule has 2 amide bonds. The zero-order valence-corrected chi connectivity index (χ0v) is 19.2. The molecule has 29 heavy (non-hydrogen) atoms. The van der Waals surface area contributed by atoms with E-state index in [0.29, 0.717) is 23.9 Å². The second-order valence-corrected chi connectivity index (χ2v) is 8.10. The lowest BCUT2D eigenvalue weighted by Crippen LogP contribution is -2.49. The van der Waals surface area contributed by atoms with Crippen LogP contribution in [-0.2, 0) is 16.1 Å². The number of hydrogen-bond donors (Lipinski definition) is 1. The number of hydrogen-bond acceptors (Lipinski definition) is 3. The van der Waals surface area contributed by atoms with Crippen molar-refractivity contribution in [2.45, 2.75) is 39.8 Å². The molecule has 7 heteroatoms. The lowest BCUT2D eigenvalue weighted by Gasteiger charge is -2.29. The summed E-state index contributed by atoms with van der Waals surface area (Å²) in [5.74, 6) is -0.0519. The van der Waals surface area contributed by atoms with Crippen molar-refractivity contribution in [3.8, 4) is 5.75 Å². The van der Waals surface area contributed by atoms with Crippen LogP contribution in [0.5, 0.6) is 5.75 Å². The lowest BCUT2D eigenvalue weighted by atomic mass is 10.1. The van der Waals surface area contributed by atoms with Gasteiger partial charge in [-0.15, -0.1) is 0 Å².